The van der Waals surface area contributed by atoms with Gasteiger partial charge in [0.1, 0.15) is 17.3 Å². The minimum absolute atomic E-state index is 0.154. The average molecular weight is 587 g/mol. The van der Waals surface area contributed by atoms with Gasteiger partial charge in [-0.1, -0.05) is 35.0 Å². The summed E-state index contributed by atoms with van der Waals surface area (Å²) in [5.74, 6) is 0.964. The van der Waals surface area contributed by atoms with Crippen molar-refractivity contribution in [3.8, 4) is 28.1 Å². The molecular weight excluding hydrogens is 566 g/mol. The van der Waals surface area contributed by atoms with Crippen molar-refractivity contribution < 1.29 is 4.39 Å². The van der Waals surface area contributed by atoms with Gasteiger partial charge < -0.3 is 14.9 Å². The maximum absolute atomic E-state index is 15.3. The molecule has 1 fully saturated rings. The Balaban J connectivity index is 1.19. The van der Waals surface area contributed by atoms with Crippen LogP contribution in [0.1, 0.15) is 41.9 Å². The lowest BCUT2D eigenvalue weighted by atomic mass is 10.0. The number of fused-ring (bicyclic) bond motifs is 4. The highest BCUT2D eigenvalue weighted by molar-refractivity contribution is 6.31. The molecule has 204 valence electrons. The first-order valence-electron chi connectivity index (χ1n) is 13.2. The number of anilines is 1. The van der Waals surface area contributed by atoms with E-state index in [2.05, 4.69) is 37.2 Å². The Morgan fingerprint density at radius 1 is 1.10 bits per heavy atom. The smallest absolute Gasteiger partial charge is 0.252 e. The van der Waals surface area contributed by atoms with E-state index in [1.54, 1.807) is 39.8 Å². The molecule has 0 radical (unpaired) electrons. The summed E-state index contributed by atoms with van der Waals surface area (Å²) in [5, 5.41) is 11.9. The molecule has 41 heavy (non-hydrogen) atoms. The third-order valence-corrected chi connectivity index (χ3v) is 8.58. The van der Waals surface area contributed by atoms with Crippen LogP contribution in [0.4, 0.5) is 10.2 Å². The summed E-state index contributed by atoms with van der Waals surface area (Å²) in [6.45, 7) is 3.96. The van der Waals surface area contributed by atoms with Crippen molar-refractivity contribution >= 4 is 29.0 Å². The number of aryl methyl sites for hydroxylation is 1. The molecular formula is C29H21Cl2FN8O. The van der Waals surface area contributed by atoms with Gasteiger partial charge in [0.25, 0.3) is 5.56 Å². The molecule has 1 saturated carbocycles. The predicted octanol–water partition coefficient (Wildman–Crippen LogP) is 5.91. The van der Waals surface area contributed by atoms with Crippen LogP contribution in [-0.2, 0) is 6.42 Å². The van der Waals surface area contributed by atoms with Crippen molar-refractivity contribution in [2.45, 2.75) is 31.2 Å². The topological polar surface area (TPSA) is 106 Å². The zero-order chi connectivity index (χ0) is 28.0. The molecule has 1 aromatic carbocycles. The second-order valence-corrected chi connectivity index (χ2v) is 11.5. The molecule has 9 nitrogen and oxygen atoms in total. The molecule has 3 unspecified atom stereocenters. The van der Waals surface area contributed by atoms with Crippen LogP contribution in [0.25, 0.3) is 28.1 Å². The number of nitrogens with zero attached hydrogens (tertiary/aromatic N) is 6. The molecule has 3 atom stereocenters. The van der Waals surface area contributed by atoms with Crippen molar-refractivity contribution in [1.29, 1.82) is 0 Å². The van der Waals surface area contributed by atoms with Crippen LogP contribution in [0.3, 0.4) is 0 Å². The highest BCUT2D eigenvalue weighted by atomic mass is 35.5. The number of H-pyrrole nitrogens is 1. The maximum Gasteiger partial charge on any atom is 0.252 e. The number of imidazole rings is 1. The van der Waals surface area contributed by atoms with E-state index < -0.39 is 5.95 Å². The Kier molecular flexibility index (Phi) is 5.30. The number of hydrogen-bond acceptors (Lipinski definition) is 6. The first kappa shape index (κ1) is 24.5. The highest BCUT2D eigenvalue weighted by Crippen LogP contribution is 2.60. The van der Waals surface area contributed by atoms with E-state index in [0.29, 0.717) is 27.7 Å². The van der Waals surface area contributed by atoms with Gasteiger partial charge in [-0.15, -0.1) is 5.10 Å². The van der Waals surface area contributed by atoms with E-state index >= 15 is 4.39 Å². The molecule has 0 bridgehead atoms. The zero-order valence-electron chi connectivity index (χ0n) is 21.4. The number of benzene rings is 1. The fourth-order valence-corrected chi connectivity index (χ4v) is 6.52. The maximum atomic E-state index is 15.3. The Bertz CT molecular complexity index is 1980. The lowest BCUT2D eigenvalue weighted by Gasteiger charge is -2.19. The summed E-state index contributed by atoms with van der Waals surface area (Å²) in [6, 6.07) is 10.5. The van der Waals surface area contributed by atoms with Crippen molar-refractivity contribution in [3.63, 3.8) is 0 Å². The van der Waals surface area contributed by atoms with Crippen LogP contribution in [-0.4, -0.2) is 34.5 Å². The first-order valence-corrected chi connectivity index (χ1v) is 13.9. The van der Waals surface area contributed by atoms with E-state index in [4.69, 9.17) is 23.2 Å². The molecule has 12 heteroatoms. The number of hydrogen-bond donors (Lipinski definition) is 2. The fraction of sp³-hybridized carbons (Fsp3) is 0.207. The molecule has 1 aliphatic carbocycles. The fourth-order valence-electron chi connectivity index (χ4n) is 6.22. The van der Waals surface area contributed by atoms with Gasteiger partial charge in [-0.05, 0) is 66.6 Å². The van der Waals surface area contributed by atoms with E-state index in [0.717, 1.165) is 47.6 Å². The molecule has 0 spiro atoms. The first-order chi connectivity index (χ1) is 19.8. The Hall–Kier alpha value is -4.28. The van der Waals surface area contributed by atoms with Gasteiger partial charge in [0.05, 0.1) is 17.9 Å². The van der Waals surface area contributed by atoms with Crippen LogP contribution in [0.15, 0.2) is 65.9 Å². The molecule has 0 amide bonds. The molecule has 3 aliphatic rings. The number of rotatable bonds is 4. The predicted molar refractivity (Wildman–Crippen MR) is 153 cm³/mol. The van der Waals surface area contributed by atoms with Gasteiger partial charge in [-0.2, -0.15) is 4.39 Å². The number of allylic oxidation sites excluding steroid dienone is 1. The second-order valence-electron chi connectivity index (χ2n) is 10.7. The molecule has 8 rings (SSSR count). The number of halogens is 3. The van der Waals surface area contributed by atoms with Crippen molar-refractivity contribution in [3.05, 3.63) is 105 Å². The summed E-state index contributed by atoms with van der Waals surface area (Å²) in [5.41, 5.74) is 5.51. The highest BCUT2D eigenvalue weighted by Gasteiger charge is 2.54. The van der Waals surface area contributed by atoms with Gasteiger partial charge in [-0.3, -0.25) is 4.79 Å². The standard InChI is InChI=1S/C29H21Cl2FN8O/c1-13-2-3-14-6-16(11-33-28(14)34-13)25-27(32)36-29(35-25)26-20-10-19(20)22-7-15(8-24(41)40(22)26)18-9-17(30)4-5-21(18)39-12-23(31)37-38-39/h4-9,11-12,19-20,26H,1-3,10H2,(H,33,34)(H,35,36). The quantitative estimate of drug-likeness (QED) is 0.271. The molecule has 2 aliphatic heterocycles. The van der Waals surface area contributed by atoms with Crippen LogP contribution in [0.5, 0.6) is 0 Å². The van der Waals surface area contributed by atoms with Crippen molar-refractivity contribution in [1.82, 2.24) is 34.5 Å². The van der Waals surface area contributed by atoms with Crippen LogP contribution < -0.4 is 10.9 Å². The molecule has 6 heterocycles. The summed E-state index contributed by atoms with van der Waals surface area (Å²) in [6.07, 6.45) is 5.66. The largest absolute Gasteiger partial charge is 0.344 e. The summed E-state index contributed by atoms with van der Waals surface area (Å²) >= 11 is 12.4. The van der Waals surface area contributed by atoms with E-state index in [1.165, 1.54) is 0 Å². The monoisotopic (exact) mass is 586 g/mol. The minimum atomic E-state index is -0.541. The Morgan fingerprint density at radius 2 is 1.98 bits per heavy atom. The van der Waals surface area contributed by atoms with Gasteiger partial charge >= 0.3 is 0 Å². The van der Waals surface area contributed by atoms with Gasteiger partial charge in [0.2, 0.25) is 5.95 Å². The zero-order valence-corrected chi connectivity index (χ0v) is 22.9. The van der Waals surface area contributed by atoms with Gasteiger partial charge in [0.15, 0.2) is 5.15 Å². The van der Waals surface area contributed by atoms with Crippen LogP contribution in [0.2, 0.25) is 10.2 Å². The number of nitrogens with one attached hydrogen (secondary N) is 2. The Morgan fingerprint density at radius 3 is 2.80 bits per heavy atom. The second kappa shape index (κ2) is 8.86. The van der Waals surface area contributed by atoms with E-state index in [9.17, 15) is 4.79 Å². The van der Waals surface area contributed by atoms with E-state index in [1.807, 2.05) is 18.2 Å². The Labute approximate surface area is 242 Å². The number of aromatic amines is 1. The number of pyridine rings is 2. The lowest BCUT2D eigenvalue weighted by molar-refractivity contribution is 0.504. The van der Waals surface area contributed by atoms with Gasteiger partial charge in [0, 0.05) is 45.7 Å². The third-order valence-electron chi connectivity index (χ3n) is 8.17. The molecule has 0 saturated heterocycles. The molecule has 4 aromatic heterocycles. The summed E-state index contributed by atoms with van der Waals surface area (Å²) in [7, 11) is 0. The SMILES string of the molecule is C=C1CCc2cc(-c3nc(C4C5CC5c5cc(-c6cc(Cl)ccc6-n6cc(Cl)nn6)cc(=O)n54)[nH]c3F)cnc2N1. The lowest BCUT2D eigenvalue weighted by Crippen LogP contribution is -2.26. The molecule has 5 aromatic rings. The van der Waals surface area contributed by atoms with Crippen LogP contribution in [0, 0.1) is 11.9 Å². The van der Waals surface area contributed by atoms with Crippen molar-refractivity contribution in [2.75, 3.05) is 5.32 Å². The summed E-state index contributed by atoms with van der Waals surface area (Å²) < 4.78 is 18.6. The van der Waals surface area contributed by atoms with Gasteiger partial charge in [-0.25, -0.2) is 14.6 Å². The van der Waals surface area contributed by atoms with Crippen LogP contribution >= 0.6 is 23.2 Å². The molecule has 2 N–H and O–H groups in total. The van der Waals surface area contributed by atoms with E-state index in [-0.39, 0.29) is 34.3 Å². The average Bonchev–Trinajstić information content (AvgIpc) is 3.27. The minimum Gasteiger partial charge on any atom is -0.344 e. The van der Waals surface area contributed by atoms with Crippen molar-refractivity contribution in [2.24, 2.45) is 5.92 Å². The number of aromatic nitrogens is 7. The summed E-state index contributed by atoms with van der Waals surface area (Å²) in [4.78, 5) is 25.6. The normalized spacial score (nSPS) is 20.4. The third kappa shape index (κ3) is 3.93.